The van der Waals surface area contributed by atoms with Gasteiger partial charge in [-0.15, -0.1) is 22.7 Å². The minimum absolute atomic E-state index is 0.00755. The molecule has 334 valence electrons. The van der Waals surface area contributed by atoms with Crippen LogP contribution in [0, 0.1) is 25.5 Å². The number of aliphatic hydroxyl groups excluding tert-OH is 1. The van der Waals surface area contributed by atoms with Gasteiger partial charge >= 0.3 is 18.3 Å². The number of anilines is 2. The normalized spacial score (nSPS) is 12.3. The summed E-state index contributed by atoms with van der Waals surface area (Å²) in [6, 6.07) is 19.3. The lowest BCUT2D eigenvalue weighted by atomic mass is 10.1. The van der Waals surface area contributed by atoms with E-state index in [1.165, 1.54) is 22.7 Å². The smallest absolute Gasteiger partial charge is 0.419 e. The van der Waals surface area contributed by atoms with Gasteiger partial charge in [-0.25, -0.2) is 25.6 Å². The molecule has 6 aromatic rings. The Bertz CT molecular complexity index is 2790. The highest BCUT2D eigenvalue weighted by molar-refractivity contribution is 7.93. The van der Waals surface area contributed by atoms with Gasteiger partial charge in [0.05, 0.1) is 49.3 Å². The SMILES string of the molecule is COC(=O)CCS(=O)(=O)N(Cc1ccc(F)c(C(F)(F)F)c1)c1sc2ccccc2c1C.Cc1c(N(Cc2ccc(F)c(C(F)(F)F)c2)S(=O)(=O)CCCO)sc2ccccc12. The molecule has 4 aromatic carbocycles. The van der Waals surface area contributed by atoms with E-state index >= 15 is 0 Å². The van der Waals surface area contributed by atoms with E-state index in [2.05, 4.69) is 4.74 Å². The first kappa shape index (κ1) is 48.2. The van der Waals surface area contributed by atoms with Gasteiger partial charge in [0.2, 0.25) is 20.0 Å². The van der Waals surface area contributed by atoms with Crippen LogP contribution in [-0.2, 0) is 55.0 Å². The minimum atomic E-state index is -4.93. The zero-order valence-electron chi connectivity index (χ0n) is 33.0. The molecule has 1 N–H and O–H groups in total. The number of aryl methyl sites for hydroxylation is 2. The molecule has 6 rings (SSSR count). The average Bonchev–Trinajstić information content (AvgIpc) is 3.72. The van der Waals surface area contributed by atoms with Crippen LogP contribution < -0.4 is 8.61 Å². The van der Waals surface area contributed by atoms with Crippen LogP contribution in [0.5, 0.6) is 0 Å². The Balaban J connectivity index is 0.000000235. The van der Waals surface area contributed by atoms with Crippen molar-refractivity contribution in [1.82, 2.24) is 0 Å². The largest absolute Gasteiger partial charge is 0.469 e. The molecule has 0 aliphatic carbocycles. The Morgan fingerprint density at radius 3 is 1.44 bits per heavy atom. The fourth-order valence-electron chi connectivity index (χ4n) is 6.28. The molecule has 0 unspecified atom stereocenters. The molecule has 0 spiro atoms. The number of methoxy groups -OCH3 is 1. The number of aliphatic hydroxyl groups is 1. The zero-order valence-corrected chi connectivity index (χ0v) is 36.2. The second kappa shape index (κ2) is 19.3. The molecule has 2 heterocycles. The predicted octanol–water partition coefficient (Wildman–Crippen LogP) is 10.4. The van der Waals surface area contributed by atoms with Gasteiger partial charge in [-0.2, -0.15) is 26.3 Å². The van der Waals surface area contributed by atoms with E-state index in [0.717, 1.165) is 48.0 Å². The highest BCUT2D eigenvalue weighted by atomic mass is 32.2. The van der Waals surface area contributed by atoms with E-state index in [4.69, 9.17) is 5.11 Å². The molecule has 0 saturated carbocycles. The highest BCUT2D eigenvalue weighted by Gasteiger charge is 2.36. The van der Waals surface area contributed by atoms with Gasteiger partial charge in [0, 0.05) is 16.0 Å². The maximum absolute atomic E-state index is 13.7. The number of benzene rings is 4. The number of carbonyl (C=O) groups is 1. The number of fused-ring (bicyclic) bond motifs is 2. The molecule has 0 amide bonds. The lowest BCUT2D eigenvalue weighted by Crippen LogP contribution is -2.33. The fraction of sp³-hybridized carbons (Fsp3) is 0.293. The average molecular weight is 951 g/mol. The monoisotopic (exact) mass is 950 g/mol. The number of carbonyl (C=O) groups excluding carboxylic acids is 1. The third-order valence-corrected chi connectivity index (χ3v) is 15.8. The van der Waals surface area contributed by atoms with Crippen molar-refractivity contribution in [2.24, 2.45) is 0 Å². The van der Waals surface area contributed by atoms with E-state index in [-0.39, 0.29) is 36.5 Å². The van der Waals surface area contributed by atoms with Gasteiger partial charge in [0.15, 0.2) is 0 Å². The second-order valence-electron chi connectivity index (χ2n) is 13.7. The molecule has 9 nitrogen and oxygen atoms in total. The van der Waals surface area contributed by atoms with Crippen LogP contribution in [0.25, 0.3) is 20.2 Å². The van der Waals surface area contributed by atoms with Crippen LogP contribution in [0.1, 0.15) is 46.2 Å². The molecule has 0 saturated heterocycles. The summed E-state index contributed by atoms with van der Waals surface area (Å²) in [5.74, 6) is -4.56. The van der Waals surface area contributed by atoms with Gasteiger partial charge in [-0.1, -0.05) is 48.5 Å². The Morgan fingerprint density at radius 2 is 1.06 bits per heavy atom. The number of thiophene rings is 2. The van der Waals surface area contributed by atoms with Crippen LogP contribution >= 0.6 is 22.7 Å². The molecule has 62 heavy (non-hydrogen) atoms. The van der Waals surface area contributed by atoms with Crippen molar-refractivity contribution in [1.29, 1.82) is 0 Å². The van der Waals surface area contributed by atoms with E-state index in [1.54, 1.807) is 32.0 Å². The van der Waals surface area contributed by atoms with Crippen molar-refractivity contribution < 1.29 is 66.6 Å². The van der Waals surface area contributed by atoms with Gasteiger partial charge in [0.25, 0.3) is 0 Å². The number of hydrogen-bond donors (Lipinski definition) is 1. The second-order valence-corrected chi connectivity index (χ2v) is 19.8. The number of halogens is 8. The van der Waals surface area contributed by atoms with Crippen LogP contribution in [0.2, 0.25) is 0 Å². The lowest BCUT2D eigenvalue weighted by Gasteiger charge is -2.24. The summed E-state index contributed by atoms with van der Waals surface area (Å²) in [5, 5.41) is 11.4. The Morgan fingerprint density at radius 1 is 0.661 bits per heavy atom. The predicted molar refractivity (Wildman–Crippen MR) is 224 cm³/mol. The fourth-order valence-corrected chi connectivity index (χ4v) is 12.2. The Hall–Kier alpha value is -4.83. The van der Waals surface area contributed by atoms with Crippen LogP contribution in [0.4, 0.5) is 45.1 Å². The van der Waals surface area contributed by atoms with E-state index in [1.807, 2.05) is 30.3 Å². The Kier molecular flexibility index (Phi) is 15.0. The van der Waals surface area contributed by atoms with Crippen molar-refractivity contribution in [2.75, 3.05) is 33.8 Å². The zero-order chi connectivity index (χ0) is 45.8. The molecule has 0 fully saturated rings. The molecular weight excluding hydrogens is 913 g/mol. The summed E-state index contributed by atoms with van der Waals surface area (Å²) in [6.45, 7) is 2.27. The number of esters is 1. The summed E-state index contributed by atoms with van der Waals surface area (Å²) >= 11 is 2.38. The summed E-state index contributed by atoms with van der Waals surface area (Å²) < 4.78 is 167. The quantitative estimate of drug-likeness (QED) is 0.0853. The number of alkyl halides is 6. The van der Waals surface area contributed by atoms with E-state index < -0.39 is 79.8 Å². The number of nitrogens with zero attached hydrogens (tertiary/aromatic N) is 2. The van der Waals surface area contributed by atoms with Crippen molar-refractivity contribution in [3.05, 3.63) is 130 Å². The van der Waals surface area contributed by atoms with Gasteiger partial charge in [-0.05, 0) is 89.7 Å². The molecule has 0 radical (unpaired) electrons. The van der Waals surface area contributed by atoms with Gasteiger partial charge < -0.3 is 9.84 Å². The maximum Gasteiger partial charge on any atom is 0.419 e. The lowest BCUT2D eigenvalue weighted by molar-refractivity contribution is -0.141. The summed E-state index contributed by atoms with van der Waals surface area (Å²) in [7, 11) is -6.97. The molecular formula is C41H38F8N2O7S4. The number of hydrogen-bond acceptors (Lipinski definition) is 9. The van der Waals surface area contributed by atoms with E-state index in [0.29, 0.717) is 45.4 Å². The first-order chi connectivity index (χ1) is 29.0. The summed E-state index contributed by atoms with van der Waals surface area (Å²) in [6.07, 6.45) is -10.3. The molecule has 2 aromatic heterocycles. The third-order valence-electron chi connectivity index (χ3n) is 9.44. The Labute approximate surface area is 359 Å². The maximum atomic E-state index is 13.7. The molecule has 0 atom stereocenters. The molecule has 0 aliphatic rings. The van der Waals surface area contributed by atoms with Crippen LogP contribution in [0.15, 0.2) is 84.9 Å². The number of ether oxygens (including phenoxy) is 1. The summed E-state index contributed by atoms with van der Waals surface area (Å²) in [4.78, 5) is 11.5. The standard InChI is InChI=1S/C21H19F4NO4S2.C20H19F4NO3S2/c1-13-15-5-3-4-6-18(15)31-20(13)26(32(28,29)10-9-19(27)30-2)12-14-7-8-17(22)16(11-14)21(23,24)25;1-13-15-5-2-3-6-18(15)29-19(13)25(30(27,28)10-4-9-26)12-14-7-8-17(21)16(11-14)20(22,23)24/h3-8,11H,9-10,12H2,1-2H3;2-3,5-8,11,26H,4,9-10,12H2,1H3. The van der Waals surface area contributed by atoms with Crippen molar-refractivity contribution in [3.8, 4) is 0 Å². The molecule has 21 heteroatoms. The molecule has 0 bridgehead atoms. The van der Waals surface area contributed by atoms with Gasteiger partial charge in [-0.3, -0.25) is 13.4 Å². The topological polar surface area (TPSA) is 121 Å². The van der Waals surface area contributed by atoms with Crippen molar-refractivity contribution in [3.63, 3.8) is 0 Å². The summed E-state index contributed by atoms with van der Waals surface area (Å²) in [5.41, 5.74) is -1.65. The van der Waals surface area contributed by atoms with Gasteiger partial charge in [0.1, 0.15) is 21.6 Å². The number of sulfonamides is 2. The third kappa shape index (κ3) is 11.2. The first-order valence-corrected chi connectivity index (χ1v) is 23.2. The van der Waals surface area contributed by atoms with Crippen molar-refractivity contribution in [2.45, 2.75) is 52.1 Å². The molecule has 0 aliphatic heterocycles. The minimum Gasteiger partial charge on any atom is -0.469 e. The first-order valence-electron chi connectivity index (χ1n) is 18.3. The number of rotatable bonds is 14. The highest BCUT2D eigenvalue weighted by Crippen LogP contribution is 2.42. The van der Waals surface area contributed by atoms with E-state index in [9.17, 15) is 56.8 Å². The van der Waals surface area contributed by atoms with Crippen LogP contribution in [0.3, 0.4) is 0 Å². The van der Waals surface area contributed by atoms with Crippen LogP contribution in [-0.4, -0.2) is 53.1 Å². The van der Waals surface area contributed by atoms with Crippen molar-refractivity contribution >= 4 is 78.9 Å².